The van der Waals surface area contributed by atoms with Gasteiger partial charge in [-0.1, -0.05) is 27.5 Å². The highest BCUT2D eigenvalue weighted by Crippen LogP contribution is 2.30. The summed E-state index contributed by atoms with van der Waals surface area (Å²) in [6.45, 7) is 0.290. The molecule has 0 amide bonds. The van der Waals surface area contributed by atoms with Gasteiger partial charge in [-0.15, -0.1) is 0 Å². The zero-order chi connectivity index (χ0) is 10.0. The first-order valence-electron chi connectivity index (χ1n) is 3.38. The average Bonchev–Trinajstić information content (AvgIpc) is 2.07. The summed E-state index contributed by atoms with van der Waals surface area (Å²) < 4.78 is 0.603. The van der Waals surface area contributed by atoms with Crippen molar-refractivity contribution >= 4 is 33.2 Å². The summed E-state index contributed by atoms with van der Waals surface area (Å²) in [6.07, 6.45) is 0. The van der Waals surface area contributed by atoms with E-state index in [1.807, 2.05) is 0 Å². The Balaban J connectivity index is 3.28. The molecule has 0 heterocycles. The van der Waals surface area contributed by atoms with Crippen LogP contribution < -0.4 is 5.73 Å². The molecule has 0 atom stereocenters. The SMILES string of the molecule is NCc1cc(Cl)c([N+](=O)[O-])cc1Br. The molecule has 1 aromatic carbocycles. The third kappa shape index (κ3) is 2.18. The number of nitro groups is 1. The summed E-state index contributed by atoms with van der Waals surface area (Å²) in [7, 11) is 0. The molecule has 0 saturated heterocycles. The molecule has 0 saturated carbocycles. The molecule has 1 aromatic rings. The summed E-state index contributed by atoms with van der Waals surface area (Å²) >= 11 is 8.82. The van der Waals surface area contributed by atoms with Crippen molar-refractivity contribution in [1.29, 1.82) is 0 Å². The van der Waals surface area contributed by atoms with E-state index in [0.717, 1.165) is 5.56 Å². The third-order valence-electron chi connectivity index (χ3n) is 1.53. The van der Waals surface area contributed by atoms with Gasteiger partial charge in [0.25, 0.3) is 5.69 Å². The minimum Gasteiger partial charge on any atom is -0.326 e. The molecule has 0 fully saturated rings. The molecule has 0 aliphatic carbocycles. The second-order valence-electron chi connectivity index (χ2n) is 2.36. The predicted molar refractivity (Wildman–Crippen MR) is 53.7 cm³/mol. The molecule has 70 valence electrons. The van der Waals surface area contributed by atoms with Crippen molar-refractivity contribution in [3.63, 3.8) is 0 Å². The number of halogens is 2. The molecule has 0 spiro atoms. The first-order valence-corrected chi connectivity index (χ1v) is 4.55. The maximum absolute atomic E-state index is 10.4. The zero-order valence-corrected chi connectivity index (χ0v) is 8.80. The van der Waals surface area contributed by atoms with E-state index in [4.69, 9.17) is 17.3 Å². The highest BCUT2D eigenvalue weighted by molar-refractivity contribution is 9.10. The van der Waals surface area contributed by atoms with Crippen molar-refractivity contribution in [2.45, 2.75) is 6.54 Å². The molecule has 0 radical (unpaired) electrons. The second kappa shape index (κ2) is 4.04. The van der Waals surface area contributed by atoms with Crippen LogP contribution >= 0.6 is 27.5 Å². The Bertz CT molecular complexity index is 357. The van der Waals surface area contributed by atoms with Crippen molar-refractivity contribution < 1.29 is 4.92 Å². The van der Waals surface area contributed by atoms with Gasteiger partial charge in [-0.25, -0.2) is 0 Å². The zero-order valence-electron chi connectivity index (χ0n) is 6.46. The lowest BCUT2D eigenvalue weighted by atomic mass is 10.2. The van der Waals surface area contributed by atoms with Crippen LogP contribution in [0.15, 0.2) is 16.6 Å². The number of hydrogen-bond acceptors (Lipinski definition) is 3. The Morgan fingerprint density at radius 1 is 1.62 bits per heavy atom. The molecular formula is C7H6BrClN2O2. The van der Waals surface area contributed by atoms with Gasteiger partial charge in [0.15, 0.2) is 0 Å². The standard InChI is InChI=1S/C7H6BrClN2O2/c8-5-2-7(11(12)13)6(9)1-4(5)3-10/h1-2H,3,10H2. The molecule has 13 heavy (non-hydrogen) atoms. The Morgan fingerprint density at radius 3 is 2.69 bits per heavy atom. The molecule has 2 N–H and O–H groups in total. The molecule has 0 bridgehead atoms. The van der Waals surface area contributed by atoms with Gasteiger partial charge in [0, 0.05) is 17.1 Å². The first kappa shape index (κ1) is 10.4. The van der Waals surface area contributed by atoms with E-state index in [2.05, 4.69) is 15.9 Å². The monoisotopic (exact) mass is 264 g/mol. The van der Waals surface area contributed by atoms with Gasteiger partial charge in [-0.3, -0.25) is 10.1 Å². The summed E-state index contributed by atoms with van der Waals surface area (Å²) in [6, 6.07) is 2.84. The lowest BCUT2D eigenvalue weighted by Gasteiger charge is -2.02. The lowest BCUT2D eigenvalue weighted by molar-refractivity contribution is -0.384. The highest BCUT2D eigenvalue weighted by atomic mass is 79.9. The van der Waals surface area contributed by atoms with E-state index in [-0.39, 0.29) is 17.3 Å². The van der Waals surface area contributed by atoms with E-state index in [1.165, 1.54) is 12.1 Å². The molecule has 0 aliphatic heterocycles. The molecule has 0 unspecified atom stereocenters. The highest BCUT2D eigenvalue weighted by Gasteiger charge is 2.14. The fraction of sp³-hybridized carbons (Fsp3) is 0.143. The topological polar surface area (TPSA) is 69.2 Å². The lowest BCUT2D eigenvalue weighted by Crippen LogP contribution is -1.99. The number of nitrogens with two attached hydrogens (primary N) is 1. The predicted octanol–water partition coefficient (Wildman–Crippen LogP) is 2.47. The van der Waals surface area contributed by atoms with E-state index < -0.39 is 4.92 Å². The Kier molecular flexibility index (Phi) is 3.24. The van der Waals surface area contributed by atoms with Crippen LogP contribution in [0.25, 0.3) is 0 Å². The van der Waals surface area contributed by atoms with Gasteiger partial charge in [0.05, 0.1) is 4.92 Å². The quantitative estimate of drug-likeness (QED) is 0.659. The molecule has 0 aliphatic rings. The van der Waals surface area contributed by atoms with Crippen molar-refractivity contribution in [3.05, 3.63) is 37.3 Å². The van der Waals surface area contributed by atoms with Crippen molar-refractivity contribution in [2.75, 3.05) is 0 Å². The number of nitrogens with zero attached hydrogens (tertiary/aromatic N) is 1. The van der Waals surface area contributed by atoms with Crippen LogP contribution in [-0.2, 0) is 6.54 Å². The van der Waals surface area contributed by atoms with Crippen molar-refractivity contribution in [3.8, 4) is 0 Å². The van der Waals surface area contributed by atoms with Crippen LogP contribution in [0.3, 0.4) is 0 Å². The third-order valence-corrected chi connectivity index (χ3v) is 2.57. The molecule has 1 rings (SSSR count). The Hall–Kier alpha value is -0.650. The van der Waals surface area contributed by atoms with Crippen molar-refractivity contribution in [2.24, 2.45) is 5.73 Å². The summed E-state index contributed by atoms with van der Waals surface area (Å²) in [5, 5.41) is 10.5. The molecule has 6 heteroatoms. The normalized spacial score (nSPS) is 10.1. The van der Waals surface area contributed by atoms with Gasteiger partial charge in [0.1, 0.15) is 5.02 Å². The Morgan fingerprint density at radius 2 is 2.23 bits per heavy atom. The fourth-order valence-electron chi connectivity index (χ4n) is 0.874. The molecular weight excluding hydrogens is 259 g/mol. The van der Waals surface area contributed by atoms with Crippen LogP contribution in [0, 0.1) is 10.1 Å². The van der Waals surface area contributed by atoms with Gasteiger partial charge in [-0.2, -0.15) is 0 Å². The smallest absolute Gasteiger partial charge is 0.289 e. The van der Waals surface area contributed by atoms with Crippen LogP contribution in [0.2, 0.25) is 5.02 Å². The fourth-order valence-corrected chi connectivity index (χ4v) is 1.62. The Labute approximate surface area is 88.0 Å². The van der Waals surface area contributed by atoms with Gasteiger partial charge < -0.3 is 5.73 Å². The molecule has 0 aromatic heterocycles. The van der Waals surface area contributed by atoms with Crippen LogP contribution in [-0.4, -0.2) is 4.92 Å². The van der Waals surface area contributed by atoms with E-state index >= 15 is 0 Å². The summed E-state index contributed by atoms with van der Waals surface area (Å²) in [4.78, 5) is 9.91. The van der Waals surface area contributed by atoms with E-state index in [0.29, 0.717) is 4.47 Å². The number of rotatable bonds is 2. The minimum absolute atomic E-state index is 0.105. The van der Waals surface area contributed by atoms with Crippen molar-refractivity contribution in [1.82, 2.24) is 0 Å². The average molecular weight is 265 g/mol. The molecule has 4 nitrogen and oxygen atoms in total. The maximum Gasteiger partial charge on any atom is 0.289 e. The number of benzene rings is 1. The van der Waals surface area contributed by atoms with Crippen LogP contribution in [0.5, 0.6) is 0 Å². The largest absolute Gasteiger partial charge is 0.326 e. The van der Waals surface area contributed by atoms with Gasteiger partial charge in [0.2, 0.25) is 0 Å². The maximum atomic E-state index is 10.4. The number of nitro benzene ring substituents is 1. The van der Waals surface area contributed by atoms with Gasteiger partial charge in [-0.05, 0) is 11.6 Å². The van der Waals surface area contributed by atoms with Crippen LogP contribution in [0.4, 0.5) is 5.69 Å². The summed E-state index contributed by atoms with van der Waals surface area (Å²) in [5.41, 5.74) is 6.01. The summed E-state index contributed by atoms with van der Waals surface area (Å²) in [5.74, 6) is 0. The first-order chi connectivity index (χ1) is 6.06. The van der Waals surface area contributed by atoms with E-state index in [9.17, 15) is 10.1 Å². The van der Waals surface area contributed by atoms with Gasteiger partial charge >= 0.3 is 0 Å². The van der Waals surface area contributed by atoms with Crippen LogP contribution in [0.1, 0.15) is 5.56 Å². The minimum atomic E-state index is -0.534. The number of hydrogen-bond donors (Lipinski definition) is 1. The van der Waals surface area contributed by atoms with E-state index in [1.54, 1.807) is 0 Å². The second-order valence-corrected chi connectivity index (χ2v) is 3.62.